The smallest absolute Gasteiger partial charge is 0.120 e. The van der Waals surface area contributed by atoms with E-state index in [-0.39, 0.29) is 0 Å². The van der Waals surface area contributed by atoms with Crippen molar-refractivity contribution in [2.45, 2.75) is 19.4 Å². The van der Waals surface area contributed by atoms with Gasteiger partial charge in [0.1, 0.15) is 12.4 Å². The molecular weight excluding hydrogens is 252 g/mol. The third-order valence-electron chi connectivity index (χ3n) is 3.92. The molecule has 108 valence electrons. The minimum absolute atomic E-state index is 0.325. The van der Waals surface area contributed by atoms with Gasteiger partial charge in [0.2, 0.25) is 0 Å². The zero-order valence-electron chi connectivity index (χ0n) is 12.2. The predicted molar refractivity (Wildman–Crippen MR) is 77.7 cm³/mol. The number of rotatable bonds is 5. The van der Waals surface area contributed by atoms with E-state index < -0.39 is 0 Å². The number of hydrogen-bond acceptors (Lipinski definition) is 4. The van der Waals surface area contributed by atoms with Crippen LogP contribution < -0.4 is 4.74 Å². The van der Waals surface area contributed by atoms with E-state index in [9.17, 15) is 0 Å². The molecule has 0 radical (unpaired) electrons. The summed E-state index contributed by atoms with van der Waals surface area (Å²) in [5.41, 5.74) is 0.633. The molecule has 0 saturated carbocycles. The van der Waals surface area contributed by atoms with E-state index in [0.29, 0.717) is 24.2 Å². The second-order valence-corrected chi connectivity index (χ2v) is 5.33. The molecule has 0 bridgehead atoms. The summed E-state index contributed by atoms with van der Waals surface area (Å²) in [6, 6.07) is 9.40. The molecule has 0 aromatic heterocycles. The average Bonchev–Trinajstić information content (AvgIpc) is 2.49. The monoisotopic (exact) mass is 274 g/mol. The largest absolute Gasteiger partial charge is 0.492 e. The van der Waals surface area contributed by atoms with Crippen LogP contribution >= 0.6 is 0 Å². The standard InChI is InChI=1S/C16H22N2O2/c1-13-6-7-18(12-16(13)19-2)8-9-20-15-5-3-4-14(10-15)11-17/h3-5,10,13,16H,6-9,12H2,1-2H3. The highest BCUT2D eigenvalue weighted by molar-refractivity contribution is 5.36. The van der Waals surface area contributed by atoms with Crippen molar-refractivity contribution < 1.29 is 9.47 Å². The van der Waals surface area contributed by atoms with Crippen LogP contribution in [0.3, 0.4) is 0 Å². The summed E-state index contributed by atoms with van der Waals surface area (Å²) in [5, 5.41) is 8.84. The summed E-state index contributed by atoms with van der Waals surface area (Å²) >= 11 is 0. The lowest BCUT2D eigenvalue weighted by atomic mass is 9.96. The van der Waals surface area contributed by atoms with Crippen molar-refractivity contribution in [1.29, 1.82) is 5.26 Å². The molecule has 1 aliphatic rings. The topological polar surface area (TPSA) is 45.5 Å². The van der Waals surface area contributed by atoms with Crippen molar-refractivity contribution in [2.24, 2.45) is 5.92 Å². The van der Waals surface area contributed by atoms with Crippen LogP contribution in [0.5, 0.6) is 5.75 Å². The predicted octanol–water partition coefficient (Wildman–Crippen LogP) is 2.29. The first kappa shape index (κ1) is 14.8. The Morgan fingerprint density at radius 1 is 1.45 bits per heavy atom. The molecule has 20 heavy (non-hydrogen) atoms. The number of hydrogen-bond donors (Lipinski definition) is 0. The van der Waals surface area contributed by atoms with Crippen LogP contribution in [-0.4, -0.2) is 44.4 Å². The lowest BCUT2D eigenvalue weighted by molar-refractivity contribution is -0.00788. The summed E-state index contributed by atoms with van der Waals surface area (Å²) in [7, 11) is 1.79. The first-order valence-electron chi connectivity index (χ1n) is 7.11. The number of piperidine rings is 1. The Labute approximate surface area is 120 Å². The molecule has 1 fully saturated rings. The molecular formula is C16H22N2O2. The van der Waals surface area contributed by atoms with Crippen LogP contribution in [0.15, 0.2) is 24.3 Å². The van der Waals surface area contributed by atoms with Gasteiger partial charge in [-0.1, -0.05) is 13.0 Å². The zero-order valence-corrected chi connectivity index (χ0v) is 12.2. The van der Waals surface area contributed by atoms with Crippen molar-refractivity contribution in [1.82, 2.24) is 4.90 Å². The van der Waals surface area contributed by atoms with Gasteiger partial charge >= 0.3 is 0 Å². The maximum Gasteiger partial charge on any atom is 0.120 e. The molecule has 0 N–H and O–H groups in total. The van der Waals surface area contributed by atoms with Crippen LogP contribution in [0.25, 0.3) is 0 Å². The number of likely N-dealkylation sites (tertiary alicyclic amines) is 1. The van der Waals surface area contributed by atoms with Gasteiger partial charge in [-0.2, -0.15) is 5.26 Å². The third-order valence-corrected chi connectivity index (χ3v) is 3.92. The number of benzene rings is 1. The quantitative estimate of drug-likeness (QED) is 0.826. The molecule has 2 atom stereocenters. The number of nitrogens with zero attached hydrogens (tertiary/aromatic N) is 2. The minimum Gasteiger partial charge on any atom is -0.492 e. The molecule has 2 unspecified atom stereocenters. The normalized spacial score (nSPS) is 23.2. The molecule has 1 aliphatic heterocycles. The first-order chi connectivity index (χ1) is 9.72. The van der Waals surface area contributed by atoms with Gasteiger partial charge in [0.15, 0.2) is 0 Å². The van der Waals surface area contributed by atoms with E-state index in [2.05, 4.69) is 17.9 Å². The second kappa shape index (κ2) is 7.28. The maximum absolute atomic E-state index is 8.84. The lowest BCUT2D eigenvalue weighted by Crippen LogP contribution is -2.45. The van der Waals surface area contributed by atoms with E-state index in [1.165, 1.54) is 6.42 Å². The molecule has 0 aliphatic carbocycles. The van der Waals surface area contributed by atoms with Crippen LogP contribution in [0.2, 0.25) is 0 Å². The molecule has 4 heteroatoms. The molecule has 0 spiro atoms. The van der Waals surface area contributed by atoms with Crippen molar-refractivity contribution in [3.63, 3.8) is 0 Å². The highest BCUT2D eigenvalue weighted by atomic mass is 16.5. The Morgan fingerprint density at radius 3 is 3.05 bits per heavy atom. The van der Waals surface area contributed by atoms with Crippen molar-refractivity contribution in [2.75, 3.05) is 33.4 Å². The third kappa shape index (κ3) is 3.96. The van der Waals surface area contributed by atoms with Crippen molar-refractivity contribution in [3.8, 4) is 11.8 Å². The fourth-order valence-electron chi connectivity index (χ4n) is 2.56. The van der Waals surface area contributed by atoms with E-state index in [0.717, 1.165) is 25.4 Å². The molecule has 1 aromatic carbocycles. The molecule has 1 aromatic rings. The van der Waals surface area contributed by atoms with Crippen LogP contribution in [0.1, 0.15) is 18.9 Å². The molecule has 1 saturated heterocycles. The fourth-order valence-corrected chi connectivity index (χ4v) is 2.56. The molecule has 0 amide bonds. The van der Waals surface area contributed by atoms with Crippen LogP contribution in [0, 0.1) is 17.2 Å². The summed E-state index contributed by atoms with van der Waals surface area (Å²) in [6.45, 7) is 5.85. The van der Waals surface area contributed by atoms with Crippen LogP contribution in [0.4, 0.5) is 0 Å². The summed E-state index contributed by atoms with van der Waals surface area (Å²) in [4.78, 5) is 2.38. The molecule has 4 nitrogen and oxygen atoms in total. The Balaban J connectivity index is 1.77. The van der Waals surface area contributed by atoms with Gasteiger partial charge in [-0.25, -0.2) is 0 Å². The zero-order chi connectivity index (χ0) is 14.4. The van der Waals surface area contributed by atoms with Crippen molar-refractivity contribution >= 4 is 0 Å². The average molecular weight is 274 g/mol. The first-order valence-corrected chi connectivity index (χ1v) is 7.11. The Kier molecular flexibility index (Phi) is 5.40. The Bertz CT molecular complexity index is 470. The Hall–Kier alpha value is -1.57. The van der Waals surface area contributed by atoms with Gasteiger partial charge in [-0.3, -0.25) is 4.90 Å². The van der Waals surface area contributed by atoms with E-state index in [4.69, 9.17) is 14.7 Å². The summed E-state index contributed by atoms with van der Waals surface area (Å²) in [5.74, 6) is 1.39. The minimum atomic E-state index is 0.325. The van der Waals surface area contributed by atoms with Gasteiger partial charge in [-0.05, 0) is 37.1 Å². The lowest BCUT2D eigenvalue weighted by Gasteiger charge is -2.36. The van der Waals surface area contributed by atoms with Crippen molar-refractivity contribution in [3.05, 3.63) is 29.8 Å². The van der Waals surface area contributed by atoms with Gasteiger partial charge in [0.05, 0.1) is 17.7 Å². The number of nitriles is 1. The van der Waals surface area contributed by atoms with Gasteiger partial charge in [0, 0.05) is 20.2 Å². The SMILES string of the molecule is COC1CN(CCOc2cccc(C#N)c2)CCC1C. The van der Waals surface area contributed by atoms with E-state index >= 15 is 0 Å². The summed E-state index contributed by atoms with van der Waals surface area (Å²) < 4.78 is 11.2. The second-order valence-electron chi connectivity index (χ2n) is 5.33. The number of methoxy groups -OCH3 is 1. The van der Waals surface area contributed by atoms with Crippen LogP contribution in [-0.2, 0) is 4.74 Å². The number of ether oxygens (including phenoxy) is 2. The van der Waals surface area contributed by atoms with Gasteiger partial charge in [-0.15, -0.1) is 0 Å². The molecule has 2 rings (SSSR count). The van der Waals surface area contributed by atoms with Gasteiger partial charge < -0.3 is 9.47 Å². The molecule has 1 heterocycles. The highest BCUT2D eigenvalue weighted by Gasteiger charge is 2.25. The Morgan fingerprint density at radius 2 is 2.30 bits per heavy atom. The fraction of sp³-hybridized carbons (Fsp3) is 0.562. The van der Waals surface area contributed by atoms with E-state index in [1.807, 2.05) is 12.1 Å². The summed E-state index contributed by atoms with van der Waals surface area (Å²) in [6.07, 6.45) is 1.49. The van der Waals surface area contributed by atoms with E-state index in [1.54, 1.807) is 19.2 Å². The highest BCUT2D eigenvalue weighted by Crippen LogP contribution is 2.19. The van der Waals surface area contributed by atoms with Gasteiger partial charge in [0.25, 0.3) is 0 Å². The maximum atomic E-state index is 8.84.